The summed E-state index contributed by atoms with van der Waals surface area (Å²) >= 11 is 0. The highest BCUT2D eigenvalue weighted by atomic mass is 16.4. The molecule has 1 aliphatic rings. The molecule has 0 saturated carbocycles. The zero-order chi connectivity index (χ0) is 15.2. The van der Waals surface area contributed by atoms with Crippen LogP contribution in [0.3, 0.4) is 0 Å². The van der Waals surface area contributed by atoms with Crippen LogP contribution in [-0.2, 0) is 9.59 Å². The molecule has 0 spiro atoms. The number of benzene rings is 1. The van der Waals surface area contributed by atoms with Crippen molar-refractivity contribution in [1.82, 2.24) is 4.90 Å². The smallest absolute Gasteiger partial charge is 0.303 e. The minimum absolute atomic E-state index is 0.0773. The molecule has 0 bridgehead atoms. The molecule has 4 nitrogen and oxygen atoms in total. The number of rotatable bonds is 5. The Labute approximate surface area is 125 Å². The lowest BCUT2D eigenvalue weighted by atomic mass is 9.93. The van der Waals surface area contributed by atoms with E-state index in [-0.39, 0.29) is 24.3 Å². The summed E-state index contributed by atoms with van der Waals surface area (Å²) in [6.07, 6.45) is 3.70. The zero-order valence-electron chi connectivity index (χ0n) is 12.5. The van der Waals surface area contributed by atoms with Gasteiger partial charge < -0.3 is 10.0 Å². The fourth-order valence-corrected chi connectivity index (χ4v) is 3.01. The second kappa shape index (κ2) is 7.25. The monoisotopic (exact) mass is 289 g/mol. The average molecular weight is 289 g/mol. The van der Waals surface area contributed by atoms with Crippen molar-refractivity contribution in [2.75, 3.05) is 6.54 Å². The van der Waals surface area contributed by atoms with Crippen molar-refractivity contribution in [3.05, 3.63) is 35.9 Å². The molecule has 1 heterocycles. The molecule has 114 valence electrons. The fourth-order valence-electron chi connectivity index (χ4n) is 3.01. The maximum atomic E-state index is 12.7. The first-order valence-corrected chi connectivity index (χ1v) is 7.67. The number of amides is 1. The highest BCUT2D eigenvalue weighted by molar-refractivity contribution is 5.83. The van der Waals surface area contributed by atoms with E-state index in [0.29, 0.717) is 6.42 Å². The lowest BCUT2D eigenvalue weighted by Gasteiger charge is -2.37. The SMILES string of the molecule is C[C@@H](C(=O)N1CCCCC1CCC(=O)O)c1ccccc1. The summed E-state index contributed by atoms with van der Waals surface area (Å²) in [5, 5.41) is 8.85. The lowest BCUT2D eigenvalue weighted by Crippen LogP contribution is -2.45. The standard InChI is InChI=1S/C17H23NO3/c1-13(14-7-3-2-4-8-14)17(21)18-12-6-5-9-15(18)10-11-16(19)20/h2-4,7-8,13,15H,5-6,9-12H2,1H3,(H,19,20)/t13-,15?/m1/s1. The van der Waals surface area contributed by atoms with Gasteiger partial charge in [0.05, 0.1) is 5.92 Å². The third-order valence-corrected chi connectivity index (χ3v) is 4.27. The normalized spacial score (nSPS) is 20.0. The molecule has 0 aromatic heterocycles. The van der Waals surface area contributed by atoms with Gasteiger partial charge in [-0.15, -0.1) is 0 Å². The summed E-state index contributed by atoms with van der Waals surface area (Å²) < 4.78 is 0. The predicted molar refractivity (Wildman–Crippen MR) is 81.1 cm³/mol. The van der Waals surface area contributed by atoms with Crippen molar-refractivity contribution in [1.29, 1.82) is 0 Å². The van der Waals surface area contributed by atoms with Gasteiger partial charge in [0.1, 0.15) is 0 Å². The van der Waals surface area contributed by atoms with Crippen molar-refractivity contribution in [2.24, 2.45) is 0 Å². The number of carbonyl (C=O) groups excluding carboxylic acids is 1. The van der Waals surface area contributed by atoms with Crippen molar-refractivity contribution in [3.8, 4) is 0 Å². The van der Waals surface area contributed by atoms with Crippen LogP contribution in [0, 0.1) is 0 Å². The van der Waals surface area contributed by atoms with E-state index in [0.717, 1.165) is 31.4 Å². The Hall–Kier alpha value is -1.84. The van der Waals surface area contributed by atoms with Gasteiger partial charge in [-0.2, -0.15) is 0 Å². The molecule has 1 N–H and O–H groups in total. The molecule has 1 fully saturated rings. The molecule has 1 amide bonds. The van der Waals surface area contributed by atoms with Crippen LogP contribution in [0.4, 0.5) is 0 Å². The Morgan fingerprint density at radius 3 is 2.67 bits per heavy atom. The average Bonchev–Trinajstić information content (AvgIpc) is 2.52. The second-order valence-electron chi connectivity index (χ2n) is 5.75. The highest BCUT2D eigenvalue weighted by Crippen LogP contribution is 2.26. The van der Waals surface area contributed by atoms with E-state index in [1.54, 1.807) is 0 Å². The van der Waals surface area contributed by atoms with E-state index >= 15 is 0 Å². The Balaban J connectivity index is 2.05. The van der Waals surface area contributed by atoms with E-state index in [4.69, 9.17) is 5.11 Å². The third kappa shape index (κ3) is 4.06. The zero-order valence-corrected chi connectivity index (χ0v) is 12.5. The summed E-state index contributed by atoms with van der Waals surface area (Å²) in [4.78, 5) is 25.4. The van der Waals surface area contributed by atoms with Gasteiger partial charge in [-0.1, -0.05) is 30.3 Å². The second-order valence-corrected chi connectivity index (χ2v) is 5.75. The first-order valence-electron chi connectivity index (χ1n) is 7.67. The summed E-state index contributed by atoms with van der Waals surface area (Å²) in [5.74, 6) is -0.836. The van der Waals surface area contributed by atoms with E-state index < -0.39 is 5.97 Å². The van der Waals surface area contributed by atoms with Gasteiger partial charge in [0.25, 0.3) is 0 Å². The Morgan fingerprint density at radius 2 is 2.00 bits per heavy atom. The number of carbonyl (C=O) groups is 2. The van der Waals surface area contributed by atoms with Crippen LogP contribution < -0.4 is 0 Å². The Kier molecular flexibility index (Phi) is 5.37. The van der Waals surface area contributed by atoms with Gasteiger partial charge in [0.2, 0.25) is 5.91 Å². The van der Waals surface area contributed by atoms with Gasteiger partial charge in [-0.3, -0.25) is 9.59 Å². The third-order valence-electron chi connectivity index (χ3n) is 4.27. The number of carboxylic acids is 1. The van der Waals surface area contributed by atoms with Crippen LogP contribution >= 0.6 is 0 Å². The predicted octanol–water partition coefficient (Wildman–Crippen LogP) is 3.04. The molecule has 4 heteroatoms. The largest absolute Gasteiger partial charge is 0.481 e. The Morgan fingerprint density at radius 1 is 1.29 bits per heavy atom. The molecule has 2 rings (SSSR count). The molecule has 1 saturated heterocycles. The fraction of sp³-hybridized carbons (Fsp3) is 0.529. The van der Waals surface area contributed by atoms with Gasteiger partial charge in [-0.05, 0) is 38.2 Å². The Bertz CT molecular complexity index is 486. The minimum atomic E-state index is -0.788. The minimum Gasteiger partial charge on any atom is -0.481 e. The summed E-state index contributed by atoms with van der Waals surface area (Å²) in [7, 11) is 0. The van der Waals surface area contributed by atoms with Crippen LogP contribution in [0.15, 0.2) is 30.3 Å². The molecule has 2 atom stereocenters. The molecule has 1 aromatic rings. The summed E-state index contributed by atoms with van der Waals surface area (Å²) in [6.45, 7) is 2.68. The number of piperidine rings is 1. The molecular formula is C17H23NO3. The first kappa shape index (κ1) is 15.5. The van der Waals surface area contributed by atoms with E-state index in [1.165, 1.54) is 0 Å². The van der Waals surface area contributed by atoms with Crippen LogP contribution in [0.25, 0.3) is 0 Å². The number of carboxylic acid groups (broad SMARTS) is 1. The van der Waals surface area contributed by atoms with Crippen molar-refractivity contribution >= 4 is 11.9 Å². The van der Waals surface area contributed by atoms with E-state index in [9.17, 15) is 9.59 Å². The number of hydrogen-bond donors (Lipinski definition) is 1. The van der Waals surface area contributed by atoms with Gasteiger partial charge >= 0.3 is 5.97 Å². The quantitative estimate of drug-likeness (QED) is 0.906. The molecule has 1 unspecified atom stereocenters. The van der Waals surface area contributed by atoms with Gasteiger partial charge in [0, 0.05) is 19.0 Å². The number of aliphatic carboxylic acids is 1. The van der Waals surface area contributed by atoms with Crippen LogP contribution in [0.5, 0.6) is 0 Å². The van der Waals surface area contributed by atoms with Gasteiger partial charge in [-0.25, -0.2) is 0 Å². The molecule has 1 aromatic carbocycles. The van der Waals surface area contributed by atoms with Gasteiger partial charge in [0.15, 0.2) is 0 Å². The van der Waals surface area contributed by atoms with Crippen molar-refractivity contribution in [3.63, 3.8) is 0 Å². The van der Waals surface area contributed by atoms with Crippen molar-refractivity contribution < 1.29 is 14.7 Å². The highest BCUT2D eigenvalue weighted by Gasteiger charge is 2.30. The summed E-state index contributed by atoms with van der Waals surface area (Å²) in [6, 6.07) is 9.84. The lowest BCUT2D eigenvalue weighted by molar-refractivity contribution is -0.140. The van der Waals surface area contributed by atoms with E-state index in [1.807, 2.05) is 42.2 Å². The maximum absolute atomic E-state index is 12.7. The number of nitrogens with zero attached hydrogens (tertiary/aromatic N) is 1. The van der Waals surface area contributed by atoms with Crippen LogP contribution in [0.1, 0.15) is 50.5 Å². The van der Waals surface area contributed by atoms with Crippen LogP contribution in [0.2, 0.25) is 0 Å². The first-order chi connectivity index (χ1) is 10.1. The number of likely N-dealkylation sites (tertiary alicyclic amines) is 1. The molecule has 1 aliphatic heterocycles. The molecular weight excluding hydrogens is 266 g/mol. The number of hydrogen-bond acceptors (Lipinski definition) is 2. The molecule has 0 radical (unpaired) electrons. The molecule has 0 aliphatic carbocycles. The van der Waals surface area contributed by atoms with Crippen molar-refractivity contribution in [2.45, 2.75) is 51.0 Å². The van der Waals surface area contributed by atoms with Crippen LogP contribution in [-0.4, -0.2) is 34.5 Å². The molecule has 21 heavy (non-hydrogen) atoms. The summed E-state index contributed by atoms with van der Waals surface area (Å²) in [5.41, 5.74) is 1.02. The van der Waals surface area contributed by atoms with E-state index in [2.05, 4.69) is 0 Å². The maximum Gasteiger partial charge on any atom is 0.303 e. The topological polar surface area (TPSA) is 57.6 Å².